The van der Waals surface area contributed by atoms with Crippen LogP contribution in [0.15, 0.2) is 18.2 Å². The largest absolute Gasteiger partial charge is 0.295 e. The van der Waals surface area contributed by atoms with Crippen LogP contribution in [0.5, 0.6) is 0 Å². The first-order chi connectivity index (χ1) is 9.20. The lowest BCUT2D eigenvalue weighted by Crippen LogP contribution is -2.37. The summed E-state index contributed by atoms with van der Waals surface area (Å²) >= 11 is 15.9. The molecule has 0 saturated heterocycles. The Balaban J connectivity index is 2.08. The van der Waals surface area contributed by atoms with Crippen LogP contribution in [0.3, 0.4) is 0 Å². The second-order valence-corrected chi connectivity index (χ2v) is 6.82. The fourth-order valence-corrected chi connectivity index (χ4v) is 3.66. The van der Waals surface area contributed by atoms with Crippen molar-refractivity contribution in [2.24, 2.45) is 0 Å². The SMILES string of the molecule is Clc1ccc(Cl)c(CN(CCBr)C2CCCCC2)c1. The van der Waals surface area contributed by atoms with Crippen LogP contribution in [0.1, 0.15) is 37.7 Å². The summed E-state index contributed by atoms with van der Waals surface area (Å²) in [5, 5.41) is 2.59. The molecule has 106 valence electrons. The first-order valence-electron chi connectivity index (χ1n) is 6.94. The molecule has 2 rings (SSSR count). The Hall–Kier alpha value is 0.240. The molecule has 0 unspecified atom stereocenters. The molecule has 19 heavy (non-hydrogen) atoms. The third-order valence-corrected chi connectivity index (χ3v) is 4.80. The van der Waals surface area contributed by atoms with E-state index in [4.69, 9.17) is 23.2 Å². The molecule has 4 heteroatoms. The molecular formula is C15H20BrCl2N. The minimum Gasteiger partial charge on any atom is -0.295 e. The van der Waals surface area contributed by atoms with Gasteiger partial charge in [0.25, 0.3) is 0 Å². The molecule has 1 aliphatic carbocycles. The molecule has 1 fully saturated rings. The second kappa shape index (κ2) is 7.87. The van der Waals surface area contributed by atoms with Crippen LogP contribution >= 0.6 is 39.1 Å². The highest BCUT2D eigenvalue weighted by Gasteiger charge is 2.21. The fourth-order valence-electron chi connectivity index (χ4n) is 2.83. The third-order valence-electron chi connectivity index (χ3n) is 3.84. The molecule has 0 spiro atoms. The van der Waals surface area contributed by atoms with Gasteiger partial charge in [-0.25, -0.2) is 0 Å². The lowest BCUT2D eigenvalue weighted by molar-refractivity contribution is 0.158. The highest BCUT2D eigenvalue weighted by Crippen LogP contribution is 2.27. The summed E-state index contributed by atoms with van der Waals surface area (Å²) in [5.74, 6) is 0. The Morgan fingerprint density at radius 1 is 1.16 bits per heavy atom. The van der Waals surface area contributed by atoms with Crippen LogP contribution in [-0.2, 0) is 6.54 Å². The number of benzene rings is 1. The highest BCUT2D eigenvalue weighted by atomic mass is 79.9. The zero-order valence-corrected chi connectivity index (χ0v) is 14.1. The average Bonchev–Trinajstić information content (AvgIpc) is 2.43. The van der Waals surface area contributed by atoms with E-state index in [1.807, 2.05) is 18.2 Å². The number of hydrogen-bond acceptors (Lipinski definition) is 1. The molecule has 1 aliphatic rings. The van der Waals surface area contributed by atoms with E-state index in [2.05, 4.69) is 20.8 Å². The van der Waals surface area contributed by atoms with Gasteiger partial charge in [-0.15, -0.1) is 0 Å². The predicted octanol–water partition coefficient (Wildman–Crippen LogP) is 5.52. The summed E-state index contributed by atoms with van der Waals surface area (Å²) in [7, 11) is 0. The maximum absolute atomic E-state index is 6.28. The molecule has 1 aromatic carbocycles. The Morgan fingerprint density at radius 2 is 1.89 bits per heavy atom. The molecule has 0 N–H and O–H groups in total. The van der Waals surface area contributed by atoms with Crippen LogP contribution in [-0.4, -0.2) is 22.8 Å². The molecule has 0 amide bonds. The number of rotatable bonds is 5. The average molecular weight is 365 g/mol. The van der Waals surface area contributed by atoms with E-state index in [1.54, 1.807) is 0 Å². The molecule has 0 atom stereocenters. The Kier molecular flexibility index (Phi) is 6.48. The molecule has 0 aliphatic heterocycles. The number of halogens is 3. The van der Waals surface area contributed by atoms with Gasteiger partial charge in [0, 0.05) is 34.5 Å². The van der Waals surface area contributed by atoms with E-state index in [0.717, 1.165) is 34.0 Å². The Morgan fingerprint density at radius 3 is 2.58 bits per heavy atom. The molecule has 0 bridgehead atoms. The molecule has 1 aromatic rings. The molecule has 0 radical (unpaired) electrons. The van der Waals surface area contributed by atoms with E-state index in [1.165, 1.54) is 32.1 Å². The van der Waals surface area contributed by atoms with Crippen molar-refractivity contribution in [1.29, 1.82) is 0 Å². The number of hydrogen-bond donors (Lipinski definition) is 0. The van der Waals surface area contributed by atoms with Crippen molar-refractivity contribution in [2.75, 3.05) is 11.9 Å². The number of alkyl halides is 1. The first-order valence-corrected chi connectivity index (χ1v) is 8.82. The highest BCUT2D eigenvalue weighted by molar-refractivity contribution is 9.09. The van der Waals surface area contributed by atoms with Gasteiger partial charge < -0.3 is 0 Å². The smallest absolute Gasteiger partial charge is 0.0452 e. The summed E-state index contributed by atoms with van der Waals surface area (Å²) in [6.45, 7) is 1.96. The number of nitrogens with zero attached hydrogens (tertiary/aromatic N) is 1. The van der Waals surface area contributed by atoms with Crippen LogP contribution in [0.4, 0.5) is 0 Å². The first kappa shape index (κ1) is 15.6. The predicted molar refractivity (Wildman–Crippen MR) is 87.5 cm³/mol. The van der Waals surface area contributed by atoms with Crippen molar-refractivity contribution in [2.45, 2.75) is 44.7 Å². The van der Waals surface area contributed by atoms with Gasteiger partial charge in [-0.05, 0) is 36.6 Å². The standard InChI is InChI=1S/C15H20BrCl2N/c16-8-9-19(14-4-2-1-3-5-14)11-12-10-13(17)6-7-15(12)18/h6-7,10,14H,1-5,8-9,11H2. The minimum atomic E-state index is 0.696. The van der Waals surface area contributed by atoms with Crippen molar-refractivity contribution < 1.29 is 0 Å². The normalized spacial score (nSPS) is 17.1. The quantitative estimate of drug-likeness (QED) is 0.621. The molecule has 0 aromatic heterocycles. The molecular weight excluding hydrogens is 345 g/mol. The maximum Gasteiger partial charge on any atom is 0.0452 e. The Bertz CT molecular complexity index is 405. The summed E-state index contributed by atoms with van der Waals surface area (Å²) < 4.78 is 0. The lowest BCUT2D eigenvalue weighted by Gasteiger charge is -2.34. The van der Waals surface area contributed by atoms with Gasteiger partial charge in [-0.1, -0.05) is 58.4 Å². The van der Waals surface area contributed by atoms with Crippen LogP contribution in [0, 0.1) is 0 Å². The zero-order valence-electron chi connectivity index (χ0n) is 11.0. The van der Waals surface area contributed by atoms with Crippen LogP contribution in [0.2, 0.25) is 10.0 Å². The topological polar surface area (TPSA) is 3.24 Å². The lowest BCUT2D eigenvalue weighted by atomic mass is 9.94. The van der Waals surface area contributed by atoms with Crippen LogP contribution in [0.25, 0.3) is 0 Å². The van der Waals surface area contributed by atoms with Gasteiger partial charge in [0.05, 0.1) is 0 Å². The van der Waals surface area contributed by atoms with Crippen LogP contribution < -0.4 is 0 Å². The zero-order chi connectivity index (χ0) is 13.7. The minimum absolute atomic E-state index is 0.696. The van der Waals surface area contributed by atoms with Gasteiger partial charge in [-0.2, -0.15) is 0 Å². The van der Waals surface area contributed by atoms with Crippen molar-refractivity contribution in [1.82, 2.24) is 4.90 Å². The van der Waals surface area contributed by atoms with Crippen molar-refractivity contribution in [3.63, 3.8) is 0 Å². The monoisotopic (exact) mass is 363 g/mol. The van der Waals surface area contributed by atoms with Gasteiger partial charge in [0.15, 0.2) is 0 Å². The van der Waals surface area contributed by atoms with Gasteiger partial charge >= 0.3 is 0 Å². The summed E-state index contributed by atoms with van der Waals surface area (Å²) in [6, 6.07) is 6.43. The Labute approximate surface area is 134 Å². The van der Waals surface area contributed by atoms with E-state index < -0.39 is 0 Å². The van der Waals surface area contributed by atoms with Gasteiger partial charge in [-0.3, -0.25) is 4.90 Å². The summed E-state index contributed by atoms with van der Waals surface area (Å²) in [5.41, 5.74) is 1.14. The van der Waals surface area contributed by atoms with E-state index >= 15 is 0 Å². The van der Waals surface area contributed by atoms with Crippen molar-refractivity contribution >= 4 is 39.1 Å². The summed E-state index contributed by atoms with van der Waals surface area (Å²) in [4.78, 5) is 2.55. The molecule has 1 nitrogen and oxygen atoms in total. The third kappa shape index (κ3) is 4.63. The van der Waals surface area contributed by atoms with Crippen molar-refractivity contribution in [3.8, 4) is 0 Å². The molecule has 1 saturated carbocycles. The van der Waals surface area contributed by atoms with E-state index in [0.29, 0.717) is 6.04 Å². The fraction of sp³-hybridized carbons (Fsp3) is 0.600. The van der Waals surface area contributed by atoms with E-state index in [-0.39, 0.29) is 0 Å². The van der Waals surface area contributed by atoms with Crippen molar-refractivity contribution in [3.05, 3.63) is 33.8 Å². The van der Waals surface area contributed by atoms with Gasteiger partial charge in [0.1, 0.15) is 0 Å². The van der Waals surface area contributed by atoms with Gasteiger partial charge in [0.2, 0.25) is 0 Å². The molecule has 0 heterocycles. The maximum atomic E-state index is 6.28. The second-order valence-electron chi connectivity index (χ2n) is 5.19. The summed E-state index contributed by atoms with van der Waals surface area (Å²) in [6.07, 6.45) is 6.71. The van der Waals surface area contributed by atoms with E-state index in [9.17, 15) is 0 Å².